The van der Waals surface area contributed by atoms with E-state index in [1.54, 1.807) is 12.1 Å². The number of nitrogens with two attached hydrogens (primary N) is 1. The van der Waals surface area contributed by atoms with E-state index in [9.17, 15) is 13.6 Å². The number of rotatable bonds is 6. The largest absolute Gasteiger partial charge is 0.484 e. The van der Waals surface area contributed by atoms with Gasteiger partial charge in [0.2, 0.25) is 0 Å². The van der Waals surface area contributed by atoms with Crippen LogP contribution in [0.5, 0.6) is 5.75 Å². The molecule has 1 aromatic rings. The highest BCUT2D eigenvalue weighted by Gasteiger charge is 2.27. The Morgan fingerprint density at radius 1 is 1.39 bits per heavy atom. The third-order valence-electron chi connectivity index (χ3n) is 2.03. The van der Waals surface area contributed by atoms with Crippen molar-refractivity contribution in [2.24, 2.45) is 5.73 Å². The molecule has 0 fully saturated rings. The molecule has 0 aliphatic rings. The van der Waals surface area contributed by atoms with Gasteiger partial charge in [0, 0.05) is 3.57 Å². The minimum atomic E-state index is -3.08. The van der Waals surface area contributed by atoms with Crippen molar-refractivity contribution in [3.63, 3.8) is 0 Å². The molecule has 4 nitrogen and oxygen atoms in total. The van der Waals surface area contributed by atoms with Crippen LogP contribution in [0.4, 0.5) is 8.78 Å². The second-order valence-corrected chi connectivity index (χ2v) is 4.83. The zero-order valence-electron chi connectivity index (χ0n) is 9.46. The van der Waals surface area contributed by atoms with Crippen LogP contribution in [0.1, 0.15) is 0 Å². The zero-order valence-corrected chi connectivity index (χ0v) is 11.6. The topological polar surface area (TPSA) is 64.3 Å². The van der Waals surface area contributed by atoms with Gasteiger partial charge in [-0.25, -0.2) is 8.78 Å². The van der Waals surface area contributed by atoms with Crippen molar-refractivity contribution in [2.75, 3.05) is 19.7 Å². The van der Waals surface area contributed by atoms with Crippen molar-refractivity contribution >= 4 is 28.5 Å². The molecule has 0 heterocycles. The first-order valence-corrected chi connectivity index (χ1v) is 6.24. The van der Waals surface area contributed by atoms with Gasteiger partial charge in [-0.3, -0.25) is 4.79 Å². The van der Waals surface area contributed by atoms with E-state index in [1.807, 2.05) is 12.1 Å². The highest BCUT2D eigenvalue weighted by atomic mass is 127. The SMILES string of the molecule is NCC(F)(F)CNC(=O)COc1ccc(I)cc1. The van der Waals surface area contributed by atoms with E-state index in [-0.39, 0.29) is 6.61 Å². The Morgan fingerprint density at radius 3 is 2.56 bits per heavy atom. The Labute approximate surface area is 117 Å². The zero-order chi connectivity index (χ0) is 13.6. The summed E-state index contributed by atoms with van der Waals surface area (Å²) in [6, 6.07) is 7.03. The van der Waals surface area contributed by atoms with Crippen molar-refractivity contribution in [1.82, 2.24) is 5.32 Å². The van der Waals surface area contributed by atoms with E-state index in [1.165, 1.54) is 0 Å². The molecule has 1 aromatic carbocycles. The Hall–Kier alpha value is -0.960. The van der Waals surface area contributed by atoms with Crippen molar-refractivity contribution in [1.29, 1.82) is 0 Å². The standard InChI is InChI=1S/C11H13F2IN2O2/c12-11(13,6-15)7-16-10(17)5-18-9-3-1-8(14)2-4-9/h1-4H,5-7,15H2,(H,16,17). The van der Waals surface area contributed by atoms with E-state index in [0.29, 0.717) is 5.75 Å². The summed E-state index contributed by atoms with van der Waals surface area (Å²) < 4.78 is 31.6. The molecule has 0 unspecified atom stereocenters. The fourth-order valence-corrected chi connectivity index (χ4v) is 1.39. The van der Waals surface area contributed by atoms with Crippen LogP contribution in [-0.4, -0.2) is 31.5 Å². The fourth-order valence-electron chi connectivity index (χ4n) is 1.03. The van der Waals surface area contributed by atoms with Gasteiger partial charge >= 0.3 is 0 Å². The van der Waals surface area contributed by atoms with Gasteiger partial charge in [0.1, 0.15) is 5.75 Å². The Kier molecular flexibility index (Phi) is 5.73. The molecule has 3 N–H and O–H groups in total. The van der Waals surface area contributed by atoms with Gasteiger partial charge in [0.15, 0.2) is 6.61 Å². The third kappa shape index (κ3) is 5.58. The summed E-state index contributed by atoms with van der Waals surface area (Å²) in [7, 11) is 0. The van der Waals surface area contributed by atoms with Crippen molar-refractivity contribution in [3.05, 3.63) is 27.8 Å². The summed E-state index contributed by atoms with van der Waals surface area (Å²) in [5, 5.41) is 2.06. The third-order valence-corrected chi connectivity index (χ3v) is 2.75. The molecule has 0 spiro atoms. The fraction of sp³-hybridized carbons (Fsp3) is 0.364. The Balaban J connectivity index is 2.31. The van der Waals surface area contributed by atoms with E-state index >= 15 is 0 Å². The van der Waals surface area contributed by atoms with E-state index in [0.717, 1.165) is 3.57 Å². The van der Waals surface area contributed by atoms with Gasteiger partial charge in [-0.2, -0.15) is 0 Å². The lowest BCUT2D eigenvalue weighted by atomic mass is 10.3. The molecule has 0 saturated heterocycles. The molecule has 7 heteroatoms. The number of alkyl halides is 2. The molecule has 0 aromatic heterocycles. The van der Waals surface area contributed by atoms with E-state index in [2.05, 4.69) is 27.9 Å². The average molecular weight is 370 g/mol. The summed E-state index contributed by atoms with van der Waals surface area (Å²) in [5.74, 6) is -3.18. The Bertz CT molecular complexity index is 399. The van der Waals surface area contributed by atoms with Crippen molar-refractivity contribution in [3.8, 4) is 5.75 Å². The molecule has 18 heavy (non-hydrogen) atoms. The van der Waals surface area contributed by atoms with Crippen LogP contribution in [0.2, 0.25) is 0 Å². The number of carbonyl (C=O) groups is 1. The first-order chi connectivity index (χ1) is 8.43. The first kappa shape index (κ1) is 15.1. The van der Waals surface area contributed by atoms with E-state index < -0.39 is 24.9 Å². The number of carbonyl (C=O) groups excluding carboxylic acids is 1. The van der Waals surface area contributed by atoms with Gasteiger partial charge in [-0.15, -0.1) is 0 Å². The molecule has 0 atom stereocenters. The summed E-state index contributed by atoms with van der Waals surface area (Å²) in [4.78, 5) is 11.2. The maximum absolute atomic E-state index is 12.7. The predicted octanol–water partition coefficient (Wildman–Crippen LogP) is 1.38. The van der Waals surface area contributed by atoms with Gasteiger partial charge in [0.05, 0.1) is 13.1 Å². The monoisotopic (exact) mass is 370 g/mol. The average Bonchev–Trinajstić information content (AvgIpc) is 2.36. The molecule has 0 radical (unpaired) electrons. The molecule has 0 bridgehead atoms. The van der Waals surface area contributed by atoms with Gasteiger partial charge in [0.25, 0.3) is 11.8 Å². The van der Waals surface area contributed by atoms with Crippen molar-refractivity contribution < 1.29 is 18.3 Å². The van der Waals surface area contributed by atoms with Crippen LogP contribution in [-0.2, 0) is 4.79 Å². The van der Waals surface area contributed by atoms with Crippen LogP contribution >= 0.6 is 22.6 Å². The lowest BCUT2D eigenvalue weighted by Gasteiger charge is -2.14. The normalized spacial score (nSPS) is 11.1. The number of ether oxygens (including phenoxy) is 1. The minimum Gasteiger partial charge on any atom is -0.484 e. The minimum absolute atomic E-state index is 0.304. The lowest BCUT2D eigenvalue weighted by molar-refractivity contribution is -0.124. The predicted molar refractivity (Wildman–Crippen MR) is 71.7 cm³/mol. The summed E-state index contributed by atoms with van der Waals surface area (Å²) >= 11 is 2.13. The molecule has 1 rings (SSSR count). The molecule has 0 aliphatic heterocycles. The molecule has 1 amide bonds. The summed E-state index contributed by atoms with van der Waals surface area (Å²) in [6.07, 6.45) is 0. The second-order valence-electron chi connectivity index (χ2n) is 3.58. The van der Waals surface area contributed by atoms with Crippen LogP contribution in [0.15, 0.2) is 24.3 Å². The molecule has 0 aliphatic carbocycles. The van der Waals surface area contributed by atoms with Gasteiger partial charge in [-0.1, -0.05) is 0 Å². The maximum atomic E-state index is 12.7. The maximum Gasteiger partial charge on any atom is 0.277 e. The number of halogens is 3. The quantitative estimate of drug-likeness (QED) is 0.744. The highest BCUT2D eigenvalue weighted by Crippen LogP contribution is 2.13. The van der Waals surface area contributed by atoms with Crippen LogP contribution in [0, 0.1) is 3.57 Å². The highest BCUT2D eigenvalue weighted by molar-refractivity contribution is 14.1. The smallest absolute Gasteiger partial charge is 0.277 e. The number of hydrogen-bond acceptors (Lipinski definition) is 3. The van der Waals surface area contributed by atoms with E-state index in [4.69, 9.17) is 10.5 Å². The van der Waals surface area contributed by atoms with Gasteiger partial charge in [-0.05, 0) is 46.9 Å². The van der Waals surface area contributed by atoms with Crippen molar-refractivity contribution in [2.45, 2.75) is 5.92 Å². The molecule has 100 valence electrons. The van der Waals surface area contributed by atoms with Gasteiger partial charge < -0.3 is 15.8 Å². The van der Waals surface area contributed by atoms with Crippen LogP contribution in [0.3, 0.4) is 0 Å². The number of nitrogens with one attached hydrogen (secondary N) is 1. The van der Waals surface area contributed by atoms with Crippen LogP contribution < -0.4 is 15.8 Å². The summed E-state index contributed by atoms with van der Waals surface area (Å²) in [6.45, 7) is -1.88. The second kappa shape index (κ2) is 6.83. The lowest BCUT2D eigenvalue weighted by Crippen LogP contribution is -2.43. The Morgan fingerprint density at radius 2 is 2.00 bits per heavy atom. The molecular weight excluding hydrogens is 357 g/mol. The number of hydrogen-bond donors (Lipinski definition) is 2. The number of benzene rings is 1. The summed E-state index contributed by atoms with van der Waals surface area (Å²) in [5.41, 5.74) is 4.84. The molecule has 0 saturated carbocycles. The van der Waals surface area contributed by atoms with Crippen LogP contribution in [0.25, 0.3) is 0 Å². The number of amides is 1. The molecular formula is C11H13F2IN2O2. The first-order valence-electron chi connectivity index (χ1n) is 5.16.